The lowest BCUT2D eigenvalue weighted by atomic mass is 10.1. The van der Waals surface area contributed by atoms with Crippen LogP contribution < -0.4 is 10.2 Å². The predicted octanol–water partition coefficient (Wildman–Crippen LogP) is 2.48. The molecule has 0 aromatic heterocycles. The van der Waals surface area contributed by atoms with Crippen molar-refractivity contribution in [2.75, 3.05) is 44.2 Å². The summed E-state index contributed by atoms with van der Waals surface area (Å²) in [5.74, 6) is 0.109. The monoisotopic (exact) mass is 337 g/mol. The molecule has 0 bridgehead atoms. The molecule has 1 aliphatic rings. The fraction of sp³-hybridized carbons (Fsp3) is 0.381. The Morgan fingerprint density at radius 2 is 1.64 bits per heavy atom. The van der Waals surface area contributed by atoms with E-state index in [-0.39, 0.29) is 5.91 Å². The highest BCUT2D eigenvalue weighted by Crippen LogP contribution is 2.15. The minimum absolute atomic E-state index is 0.109. The van der Waals surface area contributed by atoms with Crippen LogP contribution in [0, 0.1) is 6.92 Å². The highest BCUT2D eigenvalue weighted by Gasteiger charge is 2.16. The molecule has 0 atom stereocenters. The number of carbonyl (C=O) groups excluding carboxylic acids is 1. The summed E-state index contributed by atoms with van der Waals surface area (Å²) >= 11 is 0. The molecule has 0 unspecified atom stereocenters. The van der Waals surface area contributed by atoms with Crippen molar-refractivity contribution < 1.29 is 4.79 Å². The van der Waals surface area contributed by atoms with E-state index in [1.807, 2.05) is 18.2 Å². The molecule has 0 spiro atoms. The third-order valence-electron chi connectivity index (χ3n) is 4.86. The van der Waals surface area contributed by atoms with Crippen LogP contribution in [0.25, 0.3) is 0 Å². The summed E-state index contributed by atoms with van der Waals surface area (Å²) in [5.41, 5.74) is 3.58. The van der Waals surface area contributed by atoms with Crippen molar-refractivity contribution in [1.82, 2.24) is 10.2 Å². The second-order valence-electron chi connectivity index (χ2n) is 6.62. The molecule has 0 aliphatic carbocycles. The van der Waals surface area contributed by atoms with Gasteiger partial charge in [-0.3, -0.25) is 9.69 Å². The van der Waals surface area contributed by atoms with Crippen molar-refractivity contribution in [1.29, 1.82) is 0 Å². The van der Waals surface area contributed by atoms with Gasteiger partial charge < -0.3 is 10.2 Å². The van der Waals surface area contributed by atoms with E-state index in [1.165, 1.54) is 11.3 Å². The Morgan fingerprint density at radius 3 is 2.36 bits per heavy atom. The van der Waals surface area contributed by atoms with Gasteiger partial charge >= 0.3 is 0 Å². The van der Waals surface area contributed by atoms with Crippen molar-refractivity contribution >= 4 is 11.6 Å². The van der Waals surface area contributed by atoms with Crippen LogP contribution in [0.15, 0.2) is 54.6 Å². The van der Waals surface area contributed by atoms with E-state index < -0.39 is 0 Å². The van der Waals surface area contributed by atoms with Crippen LogP contribution in [-0.2, 0) is 11.2 Å². The van der Waals surface area contributed by atoms with Crippen LogP contribution in [0.1, 0.15) is 11.1 Å². The molecular formula is C21H27N3O. The van der Waals surface area contributed by atoms with Crippen molar-refractivity contribution in [3.8, 4) is 0 Å². The van der Waals surface area contributed by atoms with Gasteiger partial charge in [0.15, 0.2) is 0 Å². The Bertz CT molecular complexity index is 679. The second-order valence-corrected chi connectivity index (χ2v) is 6.62. The van der Waals surface area contributed by atoms with E-state index in [9.17, 15) is 4.79 Å². The molecule has 2 aromatic rings. The zero-order valence-corrected chi connectivity index (χ0v) is 14.9. The number of hydrogen-bond donors (Lipinski definition) is 1. The van der Waals surface area contributed by atoms with Gasteiger partial charge in [-0.1, -0.05) is 42.5 Å². The van der Waals surface area contributed by atoms with E-state index in [4.69, 9.17) is 0 Å². The van der Waals surface area contributed by atoms with Gasteiger partial charge in [0.05, 0.1) is 6.42 Å². The number of nitrogens with zero attached hydrogens (tertiary/aromatic N) is 2. The number of aryl methyl sites for hydroxylation is 1. The number of benzene rings is 2. The summed E-state index contributed by atoms with van der Waals surface area (Å²) < 4.78 is 0. The minimum Gasteiger partial charge on any atom is -0.369 e. The maximum absolute atomic E-state index is 12.1. The van der Waals surface area contributed by atoms with Crippen molar-refractivity contribution in [2.45, 2.75) is 13.3 Å². The van der Waals surface area contributed by atoms with Crippen molar-refractivity contribution in [3.63, 3.8) is 0 Å². The third-order valence-corrected chi connectivity index (χ3v) is 4.86. The Hall–Kier alpha value is -2.33. The standard InChI is InChI=1S/C21H27N3O/c1-18-7-5-6-8-19(18)17-21(25)22-11-12-23-13-15-24(16-14-23)20-9-3-2-4-10-20/h2-10H,11-17H2,1H3,(H,22,25). The first-order valence-electron chi connectivity index (χ1n) is 9.06. The topological polar surface area (TPSA) is 35.6 Å². The largest absolute Gasteiger partial charge is 0.369 e. The SMILES string of the molecule is Cc1ccccc1CC(=O)NCCN1CCN(c2ccccc2)CC1. The smallest absolute Gasteiger partial charge is 0.224 e. The van der Waals surface area contributed by atoms with Gasteiger partial charge in [0.2, 0.25) is 5.91 Å². The van der Waals surface area contributed by atoms with Gasteiger partial charge in [0.1, 0.15) is 0 Å². The van der Waals surface area contributed by atoms with Crippen LogP contribution in [-0.4, -0.2) is 50.1 Å². The van der Waals surface area contributed by atoms with Crippen LogP contribution >= 0.6 is 0 Å². The molecule has 1 aliphatic heterocycles. The molecule has 1 amide bonds. The van der Waals surface area contributed by atoms with Gasteiger partial charge in [-0.2, -0.15) is 0 Å². The quantitative estimate of drug-likeness (QED) is 0.880. The molecule has 0 saturated carbocycles. The minimum atomic E-state index is 0.109. The lowest BCUT2D eigenvalue weighted by molar-refractivity contribution is -0.120. The van der Waals surface area contributed by atoms with Crippen LogP contribution in [0.4, 0.5) is 5.69 Å². The predicted molar refractivity (Wildman–Crippen MR) is 103 cm³/mol. The van der Waals surface area contributed by atoms with E-state index in [0.717, 1.165) is 44.8 Å². The number of amides is 1. The van der Waals surface area contributed by atoms with Crippen molar-refractivity contribution in [3.05, 3.63) is 65.7 Å². The van der Waals surface area contributed by atoms with Crippen LogP contribution in [0.2, 0.25) is 0 Å². The van der Waals surface area contributed by atoms with E-state index in [1.54, 1.807) is 0 Å². The molecule has 4 nitrogen and oxygen atoms in total. The molecular weight excluding hydrogens is 310 g/mol. The normalized spacial score (nSPS) is 15.2. The maximum atomic E-state index is 12.1. The van der Waals surface area contributed by atoms with Gasteiger partial charge in [-0.25, -0.2) is 0 Å². The van der Waals surface area contributed by atoms with Gasteiger partial charge in [0, 0.05) is 45.0 Å². The summed E-state index contributed by atoms with van der Waals surface area (Å²) in [4.78, 5) is 17.0. The summed E-state index contributed by atoms with van der Waals surface area (Å²) in [5, 5.41) is 3.05. The first-order chi connectivity index (χ1) is 12.2. The third kappa shape index (κ3) is 5.07. The second kappa shape index (κ2) is 8.67. The number of piperazine rings is 1. The average molecular weight is 337 g/mol. The van der Waals surface area contributed by atoms with E-state index >= 15 is 0 Å². The summed E-state index contributed by atoms with van der Waals surface area (Å²) in [6.07, 6.45) is 0.467. The zero-order valence-electron chi connectivity index (χ0n) is 14.9. The van der Waals surface area contributed by atoms with Gasteiger partial charge in [0.25, 0.3) is 0 Å². The number of carbonyl (C=O) groups is 1. The van der Waals surface area contributed by atoms with Crippen molar-refractivity contribution in [2.24, 2.45) is 0 Å². The summed E-state index contributed by atoms with van der Waals surface area (Å²) in [6, 6.07) is 18.6. The number of nitrogens with one attached hydrogen (secondary N) is 1. The van der Waals surface area contributed by atoms with E-state index in [0.29, 0.717) is 6.42 Å². The molecule has 1 saturated heterocycles. The fourth-order valence-electron chi connectivity index (χ4n) is 3.27. The molecule has 0 radical (unpaired) electrons. The molecule has 1 N–H and O–H groups in total. The summed E-state index contributed by atoms with van der Waals surface area (Å²) in [6.45, 7) is 7.86. The highest BCUT2D eigenvalue weighted by molar-refractivity contribution is 5.78. The first kappa shape index (κ1) is 17.5. The number of hydrogen-bond acceptors (Lipinski definition) is 3. The Labute approximate surface area is 150 Å². The Balaban J connectivity index is 1.36. The Morgan fingerprint density at radius 1 is 0.960 bits per heavy atom. The van der Waals surface area contributed by atoms with Gasteiger partial charge in [-0.15, -0.1) is 0 Å². The molecule has 132 valence electrons. The molecule has 3 rings (SSSR count). The lowest BCUT2D eigenvalue weighted by Crippen LogP contribution is -2.48. The number of rotatable bonds is 6. The molecule has 1 fully saturated rings. The number of anilines is 1. The molecule has 2 aromatic carbocycles. The maximum Gasteiger partial charge on any atom is 0.224 e. The first-order valence-corrected chi connectivity index (χ1v) is 9.06. The van der Waals surface area contributed by atoms with E-state index in [2.05, 4.69) is 58.4 Å². The number of para-hydroxylation sites is 1. The average Bonchev–Trinajstić information content (AvgIpc) is 2.65. The van der Waals surface area contributed by atoms with Crippen LogP contribution in [0.3, 0.4) is 0 Å². The van der Waals surface area contributed by atoms with Gasteiger partial charge in [-0.05, 0) is 30.2 Å². The summed E-state index contributed by atoms with van der Waals surface area (Å²) in [7, 11) is 0. The molecule has 4 heteroatoms. The fourth-order valence-corrected chi connectivity index (χ4v) is 3.27. The molecule has 25 heavy (non-hydrogen) atoms. The highest BCUT2D eigenvalue weighted by atomic mass is 16.1. The Kier molecular flexibility index (Phi) is 6.07. The lowest BCUT2D eigenvalue weighted by Gasteiger charge is -2.36. The molecule has 1 heterocycles. The van der Waals surface area contributed by atoms with Crippen LogP contribution in [0.5, 0.6) is 0 Å². The zero-order chi connectivity index (χ0) is 17.5.